The minimum absolute atomic E-state index is 0.251. The fourth-order valence-electron chi connectivity index (χ4n) is 1.94. The molecule has 2 aromatic carbocycles. The molecular weight excluding hydrogens is 258 g/mol. The van der Waals surface area contributed by atoms with Gasteiger partial charge >= 0.3 is 0 Å². The van der Waals surface area contributed by atoms with Crippen LogP contribution in [-0.2, 0) is 0 Å². The number of fused-ring (bicyclic) bond motifs is 1. The second-order valence-corrected chi connectivity index (χ2v) is 5.25. The number of nitrogen functional groups attached to an aromatic ring is 1. The van der Waals surface area contributed by atoms with Crippen LogP contribution in [0.5, 0.6) is 5.75 Å². The van der Waals surface area contributed by atoms with Gasteiger partial charge in [-0.3, -0.25) is 0 Å². The topological polar surface area (TPSA) is 71.2 Å². The summed E-state index contributed by atoms with van der Waals surface area (Å²) in [4.78, 5) is 4.55. The van der Waals surface area contributed by atoms with E-state index in [1.54, 1.807) is 12.1 Å². The van der Waals surface area contributed by atoms with E-state index in [1.807, 2.05) is 31.3 Å². The molecule has 0 bridgehead atoms. The van der Waals surface area contributed by atoms with Gasteiger partial charge in [-0.05, 0) is 36.4 Å². The number of hydrogen-bond acceptors (Lipinski definition) is 5. The van der Waals surface area contributed by atoms with Crippen LogP contribution in [-0.4, -0.2) is 17.1 Å². The maximum atomic E-state index is 9.48. The zero-order valence-electron chi connectivity index (χ0n) is 10.3. The molecule has 96 valence electrons. The van der Waals surface area contributed by atoms with Gasteiger partial charge in [-0.15, -0.1) is 11.3 Å². The number of rotatable bonds is 2. The first-order chi connectivity index (χ1) is 9.17. The minimum Gasteiger partial charge on any atom is -0.508 e. The van der Waals surface area contributed by atoms with E-state index in [0.717, 1.165) is 26.5 Å². The average molecular weight is 271 g/mol. The first-order valence-corrected chi connectivity index (χ1v) is 6.66. The molecule has 1 heterocycles. The largest absolute Gasteiger partial charge is 0.508 e. The smallest absolute Gasteiger partial charge is 0.126 e. The van der Waals surface area contributed by atoms with Gasteiger partial charge in [-0.25, -0.2) is 4.98 Å². The lowest BCUT2D eigenvalue weighted by atomic mass is 10.1. The molecule has 0 spiro atoms. The molecule has 0 fully saturated rings. The number of anilines is 2. The van der Waals surface area contributed by atoms with Gasteiger partial charge in [-0.2, -0.15) is 0 Å². The quantitative estimate of drug-likeness (QED) is 0.625. The molecule has 0 amide bonds. The highest BCUT2D eigenvalue weighted by molar-refractivity contribution is 7.21. The number of nitrogens with one attached hydrogen (secondary N) is 1. The molecule has 3 rings (SSSR count). The van der Waals surface area contributed by atoms with Crippen LogP contribution >= 0.6 is 11.3 Å². The Bertz CT molecular complexity index is 752. The van der Waals surface area contributed by atoms with Gasteiger partial charge in [0.25, 0.3) is 0 Å². The lowest BCUT2D eigenvalue weighted by Gasteiger charge is -2.05. The number of aromatic nitrogens is 1. The third-order valence-electron chi connectivity index (χ3n) is 2.94. The number of aromatic hydroxyl groups is 1. The van der Waals surface area contributed by atoms with Crippen LogP contribution in [0.25, 0.3) is 20.8 Å². The Kier molecular flexibility index (Phi) is 2.76. The van der Waals surface area contributed by atoms with E-state index in [2.05, 4.69) is 10.3 Å². The van der Waals surface area contributed by atoms with Gasteiger partial charge < -0.3 is 16.2 Å². The van der Waals surface area contributed by atoms with Crippen molar-refractivity contribution in [3.8, 4) is 16.3 Å². The minimum atomic E-state index is 0.251. The van der Waals surface area contributed by atoms with Crippen molar-refractivity contribution < 1.29 is 5.11 Å². The summed E-state index contributed by atoms with van der Waals surface area (Å²) in [6.45, 7) is 0. The average Bonchev–Trinajstić information content (AvgIpc) is 2.81. The first-order valence-electron chi connectivity index (χ1n) is 5.84. The summed E-state index contributed by atoms with van der Waals surface area (Å²) in [7, 11) is 1.86. The Morgan fingerprint density at radius 1 is 1.21 bits per heavy atom. The van der Waals surface area contributed by atoms with Gasteiger partial charge in [0.15, 0.2) is 0 Å². The van der Waals surface area contributed by atoms with E-state index in [1.165, 1.54) is 11.3 Å². The lowest BCUT2D eigenvalue weighted by molar-refractivity contribution is 0.476. The van der Waals surface area contributed by atoms with Gasteiger partial charge in [0, 0.05) is 24.0 Å². The number of benzene rings is 2. The van der Waals surface area contributed by atoms with E-state index in [0.29, 0.717) is 5.69 Å². The molecule has 19 heavy (non-hydrogen) atoms. The van der Waals surface area contributed by atoms with Crippen LogP contribution in [0.3, 0.4) is 0 Å². The third-order valence-corrected chi connectivity index (χ3v) is 3.99. The Balaban J connectivity index is 2.13. The molecule has 4 nitrogen and oxygen atoms in total. The Hall–Kier alpha value is -2.27. The van der Waals surface area contributed by atoms with E-state index in [-0.39, 0.29) is 5.75 Å². The number of hydrogen-bond donors (Lipinski definition) is 3. The van der Waals surface area contributed by atoms with Crippen molar-refractivity contribution in [2.45, 2.75) is 0 Å². The van der Waals surface area contributed by atoms with E-state index >= 15 is 0 Å². The number of phenols is 1. The van der Waals surface area contributed by atoms with E-state index in [9.17, 15) is 5.11 Å². The molecule has 0 unspecified atom stereocenters. The fraction of sp³-hybridized carbons (Fsp3) is 0.0714. The molecule has 3 aromatic rings. The molecule has 4 N–H and O–H groups in total. The maximum Gasteiger partial charge on any atom is 0.126 e. The van der Waals surface area contributed by atoms with Crippen molar-refractivity contribution in [2.75, 3.05) is 18.1 Å². The van der Waals surface area contributed by atoms with Crippen molar-refractivity contribution in [2.24, 2.45) is 0 Å². The van der Waals surface area contributed by atoms with Crippen LogP contribution in [0.2, 0.25) is 0 Å². The lowest BCUT2D eigenvalue weighted by Crippen LogP contribution is -1.93. The maximum absolute atomic E-state index is 9.48. The zero-order valence-corrected chi connectivity index (χ0v) is 11.2. The summed E-state index contributed by atoms with van der Waals surface area (Å²) in [5, 5.41) is 13.4. The predicted octanol–water partition coefficient (Wildman–Crippen LogP) is 3.29. The first kappa shape index (κ1) is 11.8. The SMILES string of the molecule is CNc1ccc(-c2nc3ccc(O)cc3s2)c(N)c1. The van der Waals surface area contributed by atoms with E-state index in [4.69, 9.17) is 5.73 Å². The summed E-state index contributed by atoms with van der Waals surface area (Å²) in [5.41, 5.74) is 9.51. The second kappa shape index (κ2) is 4.44. The molecule has 0 radical (unpaired) electrons. The van der Waals surface area contributed by atoms with Crippen molar-refractivity contribution in [1.82, 2.24) is 4.98 Å². The van der Waals surface area contributed by atoms with Crippen molar-refractivity contribution in [3.05, 3.63) is 36.4 Å². The van der Waals surface area contributed by atoms with Crippen LogP contribution in [0, 0.1) is 0 Å². The molecule has 0 aliphatic rings. The summed E-state index contributed by atoms with van der Waals surface area (Å²) < 4.78 is 0.951. The molecule has 5 heteroatoms. The summed E-state index contributed by atoms with van der Waals surface area (Å²) in [5.74, 6) is 0.251. The highest BCUT2D eigenvalue weighted by Gasteiger charge is 2.10. The monoisotopic (exact) mass is 271 g/mol. The van der Waals surface area contributed by atoms with Gasteiger partial charge in [0.05, 0.1) is 10.2 Å². The van der Waals surface area contributed by atoms with Crippen LogP contribution in [0.15, 0.2) is 36.4 Å². The van der Waals surface area contributed by atoms with Gasteiger partial charge in [-0.1, -0.05) is 0 Å². The van der Waals surface area contributed by atoms with Crippen LogP contribution < -0.4 is 11.1 Å². The molecule has 0 atom stereocenters. The number of thiazole rings is 1. The standard InChI is InChI=1S/C14H13N3OS/c1-16-8-2-4-10(11(15)6-8)14-17-12-5-3-9(18)7-13(12)19-14/h2-7,16,18H,15H2,1H3. The highest BCUT2D eigenvalue weighted by atomic mass is 32.1. The molecule has 0 saturated heterocycles. The summed E-state index contributed by atoms with van der Waals surface area (Å²) >= 11 is 1.52. The molecule has 1 aromatic heterocycles. The predicted molar refractivity (Wildman–Crippen MR) is 80.7 cm³/mol. The molecular formula is C14H13N3OS. The van der Waals surface area contributed by atoms with Crippen molar-refractivity contribution >= 4 is 32.9 Å². The normalized spacial score (nSPS) is 10.8. The van der Waals surface area contributed by atoms with Crippen LogP contribution in [0.1, 0.15) is 0 Å². The van der Waals surface area contributed by atoms with Crippen LogP contribution in [0.4, 0.5) is 11.4 Å². The number of nitrogens with two attached hydrogens (primary N) is 1. The number of phenolic OH excluding ortho intramolecular Hbond substituents is 1. The molecule has 0 aliphatic heterocycles. The highest BCUT2D eigenvalue weighted by Crippen LogP contribution is 2.35. The van der Waals surface area contributed by atoms with Crippen molar-refractivity contribution in [3.63, 3.8) is 0 Å². The molecule has 0 saturated carbocycles. The van der Waals surface area contributed by atoms with Gasteiger partial charge in [0.2, 0.25) is 0 Å². The summed E-state index contributed by atoms with van der Waals surface area (Å²) in [6.07, 6.45) is 0. The number of nitrogens with zero attached hydrogens (tertiary/aromatic N) is 1. The van der Waals surface area contributed by atoms with Crippen molar-refractivity contribution in [1.29, 1.82) is 0 Å². The Labute approximate surface area is 114 Å². The second-order valence-electron chi connectivity index (χ2n) is 4.22. The van der Waals surface area contributed by atoms with E-state index < -0.39 is 0 Å². The zero-order chi connectivity index (χ0) is 13.4. The third kappa shape index (κ3) is 2.08. The fourth-order valence-corrected chi connectivity index (χ4v) is 2.99. The molecule has 0 aliphatic carbocycles. The Morgan fingerprint density at radius 2 is 2.05 bits per heavy atom. The Morgan fingerprint density at radius 3 is 2.79 bits per heavy atom. The summed E-state index contributed by atoms with van der Waals surface area (Å²) in [6, 6.07) is 11.0. The van der Waals surface area contributed by atoms with Gasteiger partial charge in [0.1, 0.15) is 10.8 Å².